The molecule has 0 fully saturated rings. The maximum absolute atomic E-state index is 4.71. The molecular weight excluding hydrogens is 439 g/mol. The van der Waals surface area contributed by atoms with Crippen LogP contribution in [0.3, 0.4) is 0 Å². The molecule has 0 amide bonds. The van der Waals surface area contributed by atoms with Gasteiger partial charge in [-0.1, -0.05) is 57.0 Å². The van der Waals surface area contributed by atoms with E-state index in [0.29, 0.717) is 6.54 Å². The third kappa shape index (κ3) is 8.16. The molecule has 0 aliphatic carbocycles. The van der Waals surface area contributed by atoms with Gasteiger partial charge in [-0.2, -0.15) is 0 Å². The second-order valence-electron chi connectivity index (χ2n) is 6.01. The Balaban J connectivity index is 0.00000338. The third-order valence-electron chi connectivity index (χ3n) is 3.99. The fourth-order valence-electron chi connectivity index (χ4n) is 2.54. The average Bonchev–Trinajstić information content (AvgIpc) is 3.11. The number of nitrogens with zero attached hydrogens (tertiary/aromatic N) is 4. The summed E-state index contributed by atoms with van der Waals surface area (Å²) in [5.41, 5.74) is 1.21. The van der Waals surface area contributed by atoms with E-state index in [1.807, 2.05) is 18.2 Å². The van der Waals surface area contributed by atoms with E-state index in [1.54, 1.807) is 6.33 Å². The lowest BCUT2D eigenvalue weighted by molar-refractivity contribution is 0.625. The van der Waals surface area contributed by atoms with Crippen LogP contribution in [-0.4, -0.2) is 33.8 Å². The molecule has 0 spiro atoms. The fraction of sp³-hybridized carbons (Fsp3) is 0.526. The molecule has 2 N–H and O–H groups in total. The van der Waals surface area contributed by atoms with Gasteiger partial charge in [0.25, 0.3) is 0 Å². The summed E-state index contributed by atoms with van der Waals surface area (Å²) in [6, 6.07) is 10.3. The molecule has 6 nitrogen and oxygen atoms in total. The number of guanidine groups is 1. The normalized spacial score (nSPS) is 11.1. The number of hydrogen-bond acceptors (Lipinski definition) is 3. The molecular formula is C19H31IN6. The number of benzene rings is 1. The zero-order valence-corrected chi connectivity index (χ0v) is 18.1. The minimum atomic E-state index is 0. The largest absolute Gasteiger partial charge is 0.356 e. The number of nitrogens with one attached hydrogen (secondary N) is 2. The van der Waals surface area contributed by atoms with E-state index >= 15 is 0 Å². The van der Waals surface area contributed by atoms with Gasteiger partial charge in [0.1, 0.15) is 12.2 Å². The highest BCUT2D eigenvalue weighted by molar-refractivity contribution is 14.0. The van der Waals surface area contributed by atoms with Gasteiger partial charge < -0.3 is 15.2 Å². The van der Waals surface area contributed by atoms with E-state index in [9.17, 15) is 0 Å². The average molecular weight is 470 g/mol. The standard InChI is InChI=1S/C19H30N6.HI/c1-3-5-9-12-20-19(22-15-17-10-7-6-8-11-17)21-13-14-25-16-23-24-18(25)4-2;/h6-8,10-11,16H,3-5,9,12-15H2,1-2H3,(H2,20,21,22);1H. The zero-order chi connectivity index (χ0) is 17.7. The Hall–Kier alpha value is -1.64. The Labute approximate surface area is 173 Å². The molecule has 0 atom stereocenters. The molecule has 1 aromatic heterocycles. The van der Waals surface area contributed by atoms with E-state index in [4.69, 9.17) is 4.99 Å². The molecule has 0 radical (unpaired) electrons. The molecule has 1 heterocycles. The second kappa shape index (κ2) is 13.5. The van der Waals surface area contributed by atoms with Crippen molar-refractivity contribution in [3.63, 3.8) is 0 Å². The SMILES string of the molecule is CCCCCNC(=NCc1ccccc1)NCCn1cnnc1CC.I. The van der Waals surface area contributed by atoms with Crippen LogP contribution in [0.5, 0.6) is 0 Å². The zero-order valence-electron chi connectivity index (χ0n) is 15.8. The highest BCUT2D eigenvalue weighted by Gasteiger charge is 2.03. The van der Waals surface area contributed by atoms with Gasteiger partial charge in [0.15, 0.2) is 5.96 Å². The van der Waals surface area contributed by atoms with Crippen LogP contribution in [0.25, 0.3) is 0 Å². The molecule has 0 saturated carbocycles. The number of hydrogen-bond donors (Lipinski definition) is 2. The van der Waals surface area contributed by atoms with Gasteiger partial charge in [0.2, 0.25) is 0 Å². The molecule has 0 bridgehead atoms. The van der Waals surface area contributed by atoms with Crippen molar-refractivity contribution >= 4 is 29.9 Å². The van der Waals surface area contributed by atoms with Crippen molar-refractivity contribution in [2.45, 2.75) is 52.6 Å². The van der Waals surface area contributed by atoms with Crippen molar-refractivity contribution in [1.29, 1.82) is 0 Å². The van der Waals surface area contributed by atoms with Crippen LogP contribution < -0.4 is 10.6 Å². The Morgan fingerprint density at radius 2 is 1.85 bits per heavy atom. The first-order valence-electron chi connectivity index (χ1n) is 9.26. The van der Waals surface area contributed by atoms with Crippen LogP contribution >= 0.6 is 24.0 Å². The topological polar surface area (TPSA) is 67.1 Å². The van der Waals surface area contributed by atoms with Crippen molar-refractivity contribution in [3.8, 4) is 0 Å². The molecule has 0 aliphatic heterocycles. The van der Waals surface area contributed by atoms with Gasteiger partial charge in [0, 0.05) is 26.1 Å². The van der Waals surface area contributed by atoms with Crippen molar-refractivity contribution in [3.05, 3.63) is 48.0 Å². The van der Waals surface area contributed by atoms with Crippen LogP contribution in [0.2, 0.25) is 0 Å². The molecule has 2 rings (SSSR count). The predicted octanol–water partition coefficient (Wildman–Crippen LogP) is 3.38. The molecule has 1 aromatic carbocycles. The summed E-state index contributed by atoms with van der Waals surface area (Å²) < 4.78 is 2.08. The molecule has 26 heavy (non-hydrogen) atoms. The lowest BCUT2D eigenvalue weighted by Gasteiger charge is -2.13. The highest BCUT2D eigenvalue weighted by Crippen LogP contribution is 2.00. The highest BCUT2D eigenvalue weighted by atomic mass is 127. The lowest BCUT2D eigenvalue weighted by Crippen LogP contribution is -2.39. The first-order chi connectivity index (χ1) is 12.3. The lowest BCUT2D eigenvalue weighted by atomic mass is 10.2. The van der Waals surface area contributed by atoms with Gasteiger partial charge in [-0.15, -0.1) is 34.2 Å². The Morgan fingerprint density at radius 3 is 2.58 bits per heavy atom. The minimum Gasteiger partial charge on any atom is -0.356 e. The Kier molecular flexibility index (Phi) is 11.7. The number of rotatable bonds is 10. The minimum absolute atomic E-state index is 0. The summed E-state index contributed by atoms with van der Waals surface area (Å²) in [5, 5.41) is 14.9. The molecule has 2 aromatic rings. The van der Waals surface area contributed by atoms with Gasteiger partial charge in [0.05, 0.1) is 6.54 Å². The second-order valence-corrected chi connectivity index (χ2v) is 6.01. The summed E-state index contributed by atoms with van der Waals surface area (Å²) in [7, 11) is 0. The Morgan fingerprint density at radius 1 is 1.08 bits per heavy atom. The quantitative estimate of drug-likeness (QED) is 0.242. The summed E-state index contributed by atoms with van der Waals surface area (Å²) >= 11 is 0. The van der Waals surface area contributed by atoms with Crippen LogP contribution in [-0.2, 0) is 19.5 Å². The van der Waals surface area contributed by atoms with Crippen molar-refractivity contribution in [1.82, 2.24) is 25.4 Å². The van der Waals surface area contributed by atoms with E-state index in [0.717, 1.165) is 44.3 Å². The number of unbranched alkanes of at least 4 members (excludes halogenated alkanes) is 2. The maximum atomic E-state index is 4.71. The molecule has 0 aliphatic rings. The number of aliphatic imine (C=N–C) groups is 1. The van der Waals surface area contributed by atoms with Crippen LogP contribution in [0, 0.1) is 0 Å². The van der Waals surface area contributed by atoms with E-state index < -0.39 is 0 Å². The van der Waals surface area contributed by atoms with Crippen LogP contribution in [0.15, 0.2) is 41.7 Å². The summed E-state index contributed by atoms with van der Waals surface area (Å²) in [6.45, 7) is 7.55. The van der Waals surface area contributed by atoms with Crippen molar-refractivity contribution in [2.75, 3.05) is 13.1 Å². The third-order valence-corrected chi connectivity index (χ3v) is 3.99. The number of halogens is 1. The molecule has 7 heteroatoms. The maximum Gasteiger partial charge on any atom is 0.191 e. The monoisotopic (exact) mass is 470 g/mol. The number of aromatic nitrogens is 3. The van der Waals surface area contributed by atoms with Gasteiger partial charge in [-0.3, -0.25) is 0 Å². The summed E-state index contributed by atoms with van der Waals surface area (Å²) in [5.74, 6) is 1.88. The first kappa shape index (κ1) is 22.4. The molecule has 0 unspecified atom stereocenters. The van der Waals surface area contributed by atoms with E-state index in [2.05, 4.69) is 51.4 Å². The van der Waals surface area contributed by atoms with Crippen molar-refractivity contribution < 1.29 is 0 Å². The first-order valence-corrected chi connectivity index (χ1v) is 9.26. The van der Waals surface area contributed by atoms with Crippen LogP contribution in [0.4, 0.5) is 0 Å². The molecule has 144 valence electrons. The van der Waals surface area contributed by atoms with Crippen molar-refractivity contribution in [2.24, 2.45) is 4.99 Å². The molecule has 0 saturated heterocycles. The fourth-order valence-corrected chi connectivity index (χ4v) is 2.54. The van der Waals surface area contributed by atoms with Gasteiger partial charge in [-0.05, 0) is 12.0 Å². The van der Waals surface area contributed by atoms with Gasteiger partial charge >= 0.3 is 0 Å². The number of aryl methyl sites for hydroxylation is 1. The summed E-state index contributed by atoms with van der Waals surface area (Å²) in [6.07, 6.45) is 6.30. The van der Waals surface area contributed by atoms with Gasteiger partial charge in [-0.25, -0.2) is 4.99 Å². The van der Waals surface area contributed by atoms with E-state index in [1.165, 1.54) is 18.4 Å². The predicted molar refractivity (Wildman–Crippen MR) is 118 cm³/mol. The Bertz CT molecular complexity index is 626. The smallest absolute Gasteiger partial charge is 0.191 e. The van der Waals surface area contributed by atoms with Crippen LogP contribution in [0.1, 0.15) is 44.5 Å². The summed E-state index contributed by atoms with van der Waals surface area (Å²) in [4.78, 5) is 4.71. The van der Waals surface area contributed by atoms with E-state index in [-0.39, 0.29) is 24.0 Å².